The van der Waals surface area contributed by atoms with Gasteiger partial charge >= 0.3 is 0 Å². The van der Waals surface area contributed by atoms with E-state index >= 15 is 0 Å². The molecule has 0 unspecified atom stereocenters. The molecule has 1 N–H and O–H groups in total. The van der Waals surface area contributed by atoms with Crippen LogP contribution in [-0.4, -0.2) is 32.2 Å². The summed E-state index contributed by atoms with van der Waals surface area (Å²) in [7, 11) is 0. The molecule has 6 nitrogen and oxygen atoms in total. The van der Waals surface area contributed by atoms with E-state index in [9.17, 15) is 0 Å². The number of imidazole rings is 1. The maximum Gasteiger partial charge on any atom is 0.223 e. The zero-order valence-corrected chi connectivity index (χ0v) is 11.9. The first-order valence-electron chi connectivity index (χ1n) is 6.64. The highest BCUT2D eigenvalue weighted by Gasteiger charge is 2.33. The number of hydrogen-bond acceptors (Lipinski definition) is 5. The second-order valence-corrected chi connectivity index (χ2v) is 5.06. The van der Waals surface area contributed by atoms with Crippen LogP contribution in [0.4, 0.5) is 5.95 Å². The Bertz CT molecular complexity index is 570. The molecule has 106 valence electrons. The van der Waals surface area contributed by atoms with Crippen molar-refractivity contribution in [2.45, 2.75) is 32.0 Å². The average molecular weight is 294 g/mol. The Balaban J connectivity index is 1.77. The summed E-state index contributed by atoms with van der Waals surface area (Å²) in [5.74, 6) is 1.50. The number of aryl methyl sites for hydroxylation is 1. The van der Waals surface area contributed by atoms with Gasteiger partial charge in [-0.15, -0.1) is 0 Å². The van der Waals surface area contributed by atoms with E-state index in [2.05, 4.69) is 31.8 Å². The predicted octanol–water partition coefficient (Wildman–Crippen LogP) is 2.29. The van der Waals surface area contributed by atoms with Gasteiger partial charge in [-0.25, -0.2) is 15.0 Å². The Morgan fingerprint density at radius 3 is 2.95 bits per heavy atom. The summed E-state index contributed by atoms with van der Waals surface area (Å²) in [6.07, 6.45) is 7.74. The first-order valence-corrected chi connectivity index (χ1v) is 7.02. The van der Waals surface area contributed by atoms with Crippen LogP contribution < -0.4 is 5.32 Å². The molecule has 1 saturated heterocycles. The minimum absolute atomic E-state index is 0.0794. The molecule has 7 heteroatoms. The van der Waals surface area contributed by atoms with Crippen molar-refractivity contribution >= 4 is 17.5 Å². The van der Waals surface area contributed by atoms with Gasteiger partial charge in [-0.3, -0.25) is 0 Å². The number of nitrogens with one attached hydrogen (secondary N) is 1. The molecule has 3 heterocycles. The summed E-state index contributed by atoms with van der Waals surface area (Å²) >= 11 is 5.79. The van der Waals surface area contributed by atoms with Gasteiger partial charge < -0.3 is 14.6 Å². The number of aromatic nitrogens is 4. The normalized spacial score (nSPS) is 22.1. The van der Waals surface area contributed by atoms with E-state index in [1.54, 1.807) is 18.6 Å². The molecule has 3 rings (SSSR count). The lowest BCUT2D eigenvalue weighted by Crippen LogP contribution is -2.26. The lowest BCUT2D eigenvalue weighted by molar-refractivity contribution is 0.0975. The van der Waals surface area contributed by atoms with Crippen molar-refractivity contribution < 1.29 is 4.74 Å². The van der Waals surface area contributed by atoms with E-state index in [-0.39, 0.29) is 12.1 Å². The van der Waals surface area contributed by atoms with Gasteiger partial charge in [0, 0.05) is 25.5 Å². The van der Waals surface area contributed by atoms with Crippen LogP contribution >= 0.6 is 11.6 Å². The van der Waals surface area contributed by atoms with Gasteiger partial charge in [0.15, 0.2) is 0 Å². The number of nitrogens with zero attached hydrogens (tertiary/aromatic N) is 4. The largest absolute Gasteiger partial charge is 0.368 e. The molecule has 0 amide bonds. The van der Waals surface area contributed by atoms with Crippen molar-refractivity contribution in [3.8, 4) is 0 Å². The first-order chi connectivity index (χ1) is 9.78. The monoisotopic (exact) mass is 293 g/mol. The van der Waals surface area contributed by atoms with E-state index < -0.39 is 0 Å². The summed E-state index contributed by atoms with van der Waals surface area (Å²) in [5, 5.41) is 3.82. The third kappa shape index (κ3) is 2.62. The van der Waals surface area contributed by atoms with Gasteiger partial charge in [-0.2, -0.15) is 0 Å². The van der Waals surface area contributed by atoms with Gasteiger partial charge in [0.1, 0.15) is 11.9 Å². The Kier molecular flexibility index (Phi) is 3.84. The molecule has 1 aliphatic rings. The molecule has 0 aliphatic carbocycles. The van der Waals surface area contributed by atoms with Crippen LogP contribution in [0.2, 0.25) is 5.02 Å². The number of halogens is 1. The smallest absolute Gasteiger partial charge is 0.223 e. The van der Waals surface area contributed by atoms with Gasteiger partial charge in [0.05, 0.1) is 23.5 Å². The number of rotatable bonds is 4. The zero-order chi connectivity index (χ0) is 13.9. The molecule has 0 radical (unpaired) electrons. The number of ether oxygens (including phenoxy) is 1. The Morgan fingerprint density at radius 2 is 2.20 bits per heavy atom. The fourth-order valence-corrected chi connectivity index (χ4v) is 2.49. The lowest BCUT2D eigenvalue weighted by atomic mass is 10.1. The third-order valence-corrected chi connectivity index (χ3v) is 3.56. The van der Waals surface area contributed by atoms with E-state index in [4.69, 9.17) is 16.3 Å². The lowest BCUT2D eigenvalue weighted by Gasteiger charge is -2.20. The molecule has 1 aliphatic heterocycles. The van der Waals surface area contributed by atoms with Crippen molar-refractivity contribution in [1.82, 2.24) is 19.5 Å². The molecule has 0 bridgehead atoms. The van der Waals surface area contributed by atoms with Gasteiger partial charge in [-0.1, -0.05) is 11.6 Å². The maximum atomic E-state index is 5.82. The topological polar surface area (TPSA) is 64.9 Å². The highest BCUT2D eigenvalue weighted by molar-refractivity contribution is 6.30. The fourth-order valence-electron chi connectivity index (χ4n) is 2.39. The quantitative estimate of drug-likeness (QED) is 0.937. The Morgan fingerprint density at radius 1 is 1.40 bits per heavy atom. The highest BCUT2D eigenvalue weighted by atomic mass is 35.5. The molecule has 0 aromatic carbocycles. The second-order valence-electron chi connectivity index (χ2n) is 4.63. The molecule has 2 aromatic heterocycles. The van der Waals surface area contributed by atoms with E-state index in [1.165, 1.54) is 0 Å². The molecule has 20 heavy (non-hydrogen) atoms. The molecular weight excluding hydrogens is 278 g/mol. The number of hydrogen-bond donors (Lipinski definition) is 1. The van der Waals surface area contributed by atoms with Crippen molar-refractivity contribution in [2.24, 2.45) is 0 Å². The summed E-state index contributed by atoms with van der Waals surface area (Å²) in [6, 6.07) is 0.115. The van der Waals surface area contributed by atoms with Crippen molar-refractivity contribution in [3.05, 3.63) is 35.6 Å². The van der Waals surface area contributed by atoms with Crippen molar-refractivity contribution in [1.29, 1.82) is 0 Å². The van der Waals surface area contributed by atoms with Crippen molar-refractivity contribution in [3.63, 3.8) is 0 Å². The minimum Gasteiger partial charge on any atom is -0.368 e. The highest BCUT2D eigenvalue weighted by Crippen LogP contribution is 2.30. The average Bonchev–Trinajstić information content (AvgIpc) is 3.09. The van der Waals surface area contributed by atoms with E-state index in [1.807, 2.05) is 6.20 Å². The maximum absolute atomic E-state index is 5.82. The fraction of sp³-hybridized carbons (Fsp3) is 0.462. The molecular formula is C13H16ClN5O. The van der Waals surface area contributed by atoms with E-state index in [0.29, 0.717) is 17.6 Å². The van der Waals surface area contributed by atoms with Crippen molar-refractivity contribution in [2.75, 3.05) is 11.9 Å². The Hall–Kier alpha value is -1.66. The van der Waals surface area contributed by atoms with Crippen LogP contribution in [0.15, 0.2) is 24.8 Å². The van der Waals surface area contributed by atoms with Gasteiger partial charge in [0.2, 0.25) is 5.95 Å². The first kappa shape index (κ1) is 13.3. The van der Waals surface area contributed by atoms with Crippen LogP contribution in [0, 0.1) is 0 Å². The summed E-state index contributed by atoms with van der Waals surface area (Å²) in [6.45, 7) is 3.66. The molecule has 2 atom stereocenters. The second kappa shape index (κ2) is 5.76. The standard InChI is InChI=1S/C13H16ClN5O/c1-2-19-5-4-15-12(19)11-10(3-6-20-11)18-13-16-7-9(14)8-17-13/h4-5,7-8,10-11H,2-3,6H2,1H3,(H,16,17,18)/t10-,11-/m0/s1. The van der Waals surface area contributed by atoms with Crippen LogP contribution in [0.1, 0.15) is 25.3 Å². The molecule has 2 aromatic rings. The summed E-state index contributed by atoms with van der Waals surface area (Å²) in [5.41, 5.74) is 0. The zero-order valence-electron chi connectivity index (χ0n) is 11.2. The van der Waals surface area contributed by atoms with Crippen LogP contribution in [-0.2, 0) is 11.3 Å². The van der Waals surface area contributed by atoms with Crippen LogP contribution in [0.3, 0.4) is 0 Å². The van der Waals surface area contributed by atoms with Gasteiger partial charge in [-0.05, 0) is 13.3 Å². The molecule has 1 fully saturated rings. The third-order valence-electron chi connectivity index (χ3n) is 3.37. The van der Waals surface area contributed by atoms with Crippen LogP contribution in [0.5, 0.6) is 0 Å². The predicted molar refractivity (Wildman–Crippen MR) is 75.7 cm³/mol. The summed E-state index contributed by atoms with van der Waals surface area (Å²) < 4.78 is 7.91. The van der Waals surface area contributed by atoms with Crippen LogP contribution in [0.25, 0.3) is 0 Å². The van der Waals surface area contributed by atoms with Gasteiger partial charge in [0.25, 0.3) is 0 Å². The minimum atomic E-state index is -0.0794. The molecule has 0 spiro atoms. The Labute approximate surface area is 122 Å². The SMILES string of the molecule is CCn1ccnc1[C@H]1OCC[C@@H]1Nc1ncc(Cl)cn1. The summed E-state index contributed by atoms with van der Waals surface area (Å²) in [4.78, 5) is 12.7. The number of anilines is 1. The molecule has 0 saturated carbocycles. The van der Waals surface area contributed by atoms with E-state index in [0.717, 1.165) is 18.8 Å².